The van der Waals surface area contributed by atoms with Crippen molar-refractivity contribution in [2.24, 2.45) is 0 Å². The maximum atomic E-state index is 13.6. The Morgan fingerprint density at radius 2 is 1.35 bits per heavy atom. The molecule has 172 valence electrons. The second kappa shape index (κ2) is 9.06. The normalized spacial score (nSPS) is 15.9. The van der Waals surface area contributed by atoms with Gasteiger partial charge in [0.1, 0.15) is 5.70 Å². The van der Waals surface area contributed by atoms with Crippen LogP contribution in [-0.4, -0.2) is 39.0 Å². The van der Waals surface area contributed by atoms with Crippen molar-refractivity contribution >= 4 is 40.1 Å². The summed E-state index contributed by atoms with van der Waals surface area (Å²) < 4.78 is 0. The summed E-state index contributed by atoms with van der Waals surface area (Å²) in [4.78, 5) is 32.7. The maximum Gasteiger partial charge on any atom is 0.282 e. The molecule has 0 saturated carbocycles. The highest BCUT2D eigenvalue weighted by Gasteiger charge is 2.40. The molecule has 2 aliphatic rings. The summed E-state index contributed by atoms with van der Waals surface area (Å²) in [5, 5.41) is 3.26. The van der Waals surface area contributed by atoms with E-state index in [1.54, 1.807) is 0 Å². The van der Waals surface area contributed by atoms with Gasteiger partial charge in [0.25, 0.3) is 11.8 Å². The number of carbonyl (C=O) groups excluding carboxylic acids is 2. The lowest BCUT2D eigenvalue weighted by Gasteiger charge is -2.19. The number of rotatable bonds is 6. The van der Waals surface area contributed by atoms with Gasteiger partial charge in [-0.1, -0.05) is 30.3 Å². The summed E-state index contributed by atoms with van der Waals surface area (Å²) in [7, 11) is 3.90. The van der Waals surface area contributed by atoms with Gasteiger partial charge in [-0.05, 0) is 66.9 Å². The lowest BCUT2D eigenvalue weighted by Crippen LogP contribution is -2.32. The van der Waals surface area contributed by atoms with Gasteiger partial charge in [0.15, 0.2) is 0 Å². The van der Waals surface area contributed by atoms with Crippen LogP contribution in [0.4, 0.5) is 22.7 Å². The number of anilines is 4. The third-order valence-electron chi connectivity index (χ3n) is 6.38. The molecular formula is C28H28N4O2. The molecule has 3 aromatic carbocycles. The predicted molar refractivity (Wildman–Crippen MR) is 138 cm³/mol. The Morgan fingerprint density at radius 3 is 1.97 bits per heavy atom. The molecule has 6 nitrogen and oxygen atoms in total. The standard InChI is InChI=1S/C28H28N4O2/c1-30(2)22-14-16-24(17-15-22)32-27(33)25(20-8-4-3-5-9-20)26(28(32)34)29-21-10-12-23(13-11-21)31-18-6-7-19-31/h3-5,8-17,29H,6-7,18-19H2,1-2H3. The van der Waals surface area contributed by atoms with E-state index in [0.717, 1.165) is 24.5 Å². The molecular weight excluding hydrogens is 424 g/mol. The molecule has 2 amide bonds. The molecule has 1 fully saturated rings. The summed E-state index contributed by atoms with van der Waals surface area (Å²) in [6.07, 6.45) is 2.44. The Hall–Kier alpha value is -4.06. The van der Waals surface area contributed by atoms with E-state index in [9.17, 15) is 9.59 Å². The monoisotopic (exact) mass is 452 g/mol. The van der Waals surface area contributed by atoms with Crippen LogP contribution in [0.1, 0.15) is 18.4 Å². The van der Waals surface area contributed by atoms with Crippen LogP contribution in [-0.2, 0) is 9.59 Å². The van der Waals surface area contributed by atoms with Crippen LogP contribution in [0.3, 0.4) is 0 Å². The van der Waals surface area contributed by atoms with E-state index in [-0.39, 0.29) is 11.8 Å². The maximum absolute atomic E-state index is 13.6. The molecule has 1 N–H and O–H groups in total. The van der Waals surface area contributed by atoms with E-state index >= 15 is 0 Å². The topological polar surface area (TPSA) is 55.9 Å². The summed E-state index contributed by atoms with van der Waals surface area (Å²) in [5.74, 6) is -0.685. The van der Waals surface area contributed by atoms with Gasteiger partial charge in [-0.25, -0.2) is 4.90 Å². The van der Waals surface area contributed by atoms with Crippen molar-refractivity contribution in [1.82, 2.24) is 0 Å². The number of hydrogen-bond acceptors (Lipinski definition) is 5. The largest absolute Gasteiger partial charge is 0.378 e. The summed E-state index contributed by atoms with van der Waals surface area (Å²) in [6.45, 7) is 2.15. The molecule has 0 atom stereocenters. The van der Waals surface area contributed by atoms with Crippen molar-refractivity contribution in [2.45, 2.75) is 12.8 Å². The molecule has 3 aromatic rings. The van der Waals surface area contributed by atoms with Crippen LogP contribution in [0, 0.1) is 0 Å². The molecule has 5 rings (SSSR count). The second-order valence-corrected chi connectivity index (χ2v) is 8.84. The zero-order valence-corrected chi connectivity index (χ0v) is 19.5. The number of nitrogens with one attached hydrogen (secondary N) is 1. The first-order valence-corrected chi connectivity index (χ1v) is 11.6. The first-order valence-electron chi connectivity index (χ1n) is 11.6. The summed E-state index contributed by atoms with van der Waals surface area (Å²) in [6, 6.07) is 24.8. The minimum absolute atomic E-state index is 0.293. The van der Waals surface area contributed by atoms with E-state index in [2.05, 4.69) is 22.3 Å². The number of amides is 2. The lowest BCUT2D eigenvalue weighted by atomic mass is 10.0. The molecule has 0 bridgehead atoms. The summed E-state index contributed by atoms with van der Waals surface area (Å²) >= 11 is 0. The van der Waals surface area contributed by atoms with Crippen molar-refractivity contribution in [3.8, 4) is 0 Å². The number of nitrogens with zero attached hydrogens (tertiary/aromatic N) is 3. The molecule has 2 heterocycles. The molecule has 0 aliphatic carbocycles. The fourth-order valence-corrected chi connectivity index (χ4v) is 4.53. The number of carbonyl (C=O) groups is 2. The highest BCUT2D eigenvalue weighted by molar-refractivity contribution is 6.46. The quantitative estimate of drug-likeness (QED) is 0.547. The number of benzene rings is 3. The molecule has 0 unspecified atom stereocenters. The molecule has 0 aromatic heterocycles. The Morgan fingerprint density at radius 1 is 0.735 bits per heavy atom. The molecule has 0 spiro atoms. The van der Waals surface area contributed by atoms with Gasteiger partial charge in [-0.3, -0.25) is 9.59 Å². The Balaban J connectivity index is 1.48. The van der Waals surface area contributed by atoms with Crippen LogP contribution in [0.5, 0.6) is 0 Å². The Labute approximate surface area is 200 Å². The number of imide groups is 1. The SMILES string of the molecule is CN(C)c1ccc(N2C(=O)C(Nc3ccc(N4CCCC4)cc3)=C(c3ccccc3)C2=O)cc1. The minimum atomic E-state index is -0.356. The van der Waals surface area contributed by atoms with Crippen LogP contribution in [0.15, 0.2) is 84.6 Å². The van der Waals surface area contributed by atoms with Crippen LogP contribution >= 0.6 is 0 Å². The van der Waals surface area contributed by atoms with Gasteiger partial charge in [0.2, 0.25) is 0 Å². The smallest absolute Gasteiger partial charge is 0.282 e. The van der Waals surface area contributed by atoms with E-state index < -0.39 is 0 Å². The Bertz CT molecular complexity index is 1230. The van der Waals surface area contributed by atoms with Crippen LogP contribution < -0.4 is 20.0 Å². The average molecular weight is 453 g/mol. The van der Waals surface area contributed by atoms with Gasteiger partial charge >= 0.3 is 0 Å². The van der Waals surface area contributed by atoms with Gasteiger partial charge in [0, 0.05) is 44.2 Å². The third-order valence-corrected chi connectivity index (χ3v) is 6.38. The highest BCUT2D eigenvalue weighted by Crippen LogP contribution is 2.34. The van der Waals surface area contributed by atoms with Gasteiger partial charge in [0.05, 0.1) is 11.3 Å². The molecule has 1 saturated heterocycles. The van der Waals surface area contributed by atoms with Crippen molar-refractivity contribution < 1.29 is 9.59 Å². The van der Waals surface area contributed by atoms with Crippen LogP contribution in [0.25, 0.3) is 5.57 Å². The van der Waals surface area contributed by atoms with Gasteiger partial charge in [-0.2, -0.15) is 0 Å². The third kappa shape index (κ3) is 4.03. The molecule has 6 heteroatoms. The van der Waals surface area contributed by atoms with Gasteiger partial charge in [-0.15, -0.1) is 0 Å². The average Bonchev–Trinajstić information content (AvgIpc) is 3.47. The lowest BCUT2D eigenvalue weighted by molar-refractivity contribution is -0.120. The minimum Gasteiger partial charge on any atom is -0.378 e. The fraction of sp³-hybridized carbons (Fsp3) is 0.214. The molecule has 0 radical (unpaired) electrons. The summed E-state index contributed by atoms with van der Waals surface area (Å²) in [5.41, 5.74) is 4.89. The van der Waals surface area contributed by atoms with E-state index in [4.69, 9.17) is 0 Å². The molecule has 34 heavy (non-hydrogen) atoms. The zero-order valence-electron chi connectivity index (χ0n) is 19.5. The first kappa shape index (κ1) is 21.8. The van der Waals surface area contributed by atoms with Crippen molar-refractivity contribution in [3.05, 3.63) is 90.1 Å². The predicted octanol–water partition coefficient (Wildman–Crippen LogP) is 4.75. The van der Waals surface area contributed by atoms with E-state index in [1.807, 2.05) is 85.7 Å². The zero-order chi connectivity index (χ0) is 23.7. The number of hydrogen-bond donors (Lipinski definition) is 1. The van der Waals surface area contributed by atoms with Crippen molar-refractivity contribution in [3.63, 3.8) is 0 Å². The highest BCUT2D eigenvalue weighted by atomic mass is 16.2. The fourth-order valence-electron chi connectivity index (χ4n) is 4.53. The van der Waals surface area contributed by atoms with Crippen LogP contribution in [0.2, 0.25) is 0 Å². The van der Waals surface area contributed by atoms with E-state index in [1.165, 1.54) is 23.4 Å². The van der Waals surface area contributed by atoms with Crippen molar-refractivity contribution in [1.29, 1.82) is 0 Å². The van der Waals surface area contributed by atoms with Crippen molar-refractivity contribution in [2.75, 3.05) is 47.2 Å². The molecule has 2 aliphatic heterocycles. The first-order chi connectivity index (χ1) is 16.5. The second-order valence-electron chi connectivity index (χ2n) is 8.84. The van der Waals surface area contributed by atoms with Gasteiger partial charge < -0.3 is 15.1 Å². The van der Waals surface area contributed by atoms with E-state index in [0.29, 0.717) is 22.5 Å². The Kier molecular flexibility index (Phi) is 5.80.